The lowest BCUT2D eigenvalue weighted by Gasteiger charge is -2.11. The van der Waals surface area contributed by atoms with Crippen LogP contribution in [-0.2, 0) is 11.8 Å². The zero-order valence-corrected chi connectivity index (χ0v) is 16.4. The van der Waals surface area contributed by atoms with Crippen LogP contribution in [-0.4, -0.2) is 30.8 Å². The molecule has 0 unspecified atom stereocenters. The van der Waals surface area contributed by atoms with E-state index in [1.807, 2.05) is 42.8 Å². The van der Waals surface area contributed by atoms with E-state index in [0.717, 1.165) is 17.0 Å². The highest BCUT2D eigenvalue weighted by atomic mass is 32.2. The van der Waals surface area contributed by atoms with Crippen LogP contribution in [0.25, 0.3) is 11.4 Å². The number of nitrogens with zero attached hydrogens (tertiary/aromatic N) is 4. The number of benzene rings is 2. The van der Waals surface area contributed by atoms with Gasteiger partial charge in [-0.05, 0) is 32.0 Å². The van der Waals surface area contributed by atoms with Gasteiger partial charge in [-0.1, -0.05) is 35.5 Å². The van der Waals surface area contributed by atoms with Crippen LogP contribution in [0.5, 0.6) is 0 Å². The van der Waals surface area contributed by atoms with Crippen LogP contribution in [0.1, 0.15) is 12.5 Å². The Labute approximate surface area is 166 Å². The molecular formula is C19H19N5O3S. The highest BCUT2D eigenvalue weighted by Crippen LogP contribution is 2.27. The Balaban J connectivity index is 1.68. The predicted octanol–water partition coefficient (Wildman–Crippen LogP) is 3.82. The van der Waals surface area contributed by atoms with E-state index < -0.39 is 10.2 Å². The van der Waals surface area contributed by atoms with E-state index >= 15 is 0 Å². The molecule has 0 saturated carbocycles. The van der Waals surface area contributed by atoms with Gasteiger partial charge in [0, 0.05) is 30.4 Å². The molecule has 0 saturated heterocycles. The number of thioether (sulfide) groups is 1. The second-order valence-electron chi connectivity index (χ2n) is 6.29. The van der Waals surface area contributed by atoms with Gasteiger partial charge in [-0.2, -0.15) is 0 Å². The van der Waals surface area contributed by atoms with Gasteiger partial charge in [0.25, 0.3) is 5.69 Å². The fourth-order valence-electron chi connectivity index (χ4n) is 2.58. The molecule has 1 heterocycles. The Morgan fingerprint density at radius 3 is 2.57 bits per heavy atom. The molecule has 144 valence electrons. The first-order valence-corrected chi connectivity index (χ1v) is 9.41. The van der Waals surface area contributed by atoms with Gasteiger partial charge < -0.3 is 9.88 Å². The molecule has 0 aliphatic heterocycles. The maximum absolute atomic E-state index is 12.4. The highest BCUT2D eigenvalue weighted by Gasteiger charge is 2.20. The number of amides is 1. The molecular weight excluding hydrogens is 378 g/mol. The number of nitro groups is 1. The van der Waals surface area contributed by atoms with Crippen LogP contribution in [0.3, 0.4) is 0 Å². The molecule has 0 aliphatic carbocycles. The average Bonchev–Trinajstić information content (AvgIpc) is 3.02. The van der Waals surface area contributed by atoms with Crippen LogP contribution in [0.4, 0.5) is 11.4 Å². The second kappa shape index (κ2) is 8.22. The van der Waals surface area contributed by atoms with Crippen LogP contribution < -0.4 is 5.32 Å². The van der Waals surface area contributed by atoms with E-state index in [1.165, 1.54) is 36.0 Å². The lowest BCUT2D eigenvalue weighted by atomic mass is 10.1. The van der Waals surface area contributed by atoms with Crippen molar-refractivity contribution in [1.29, 1.82) is 0 Å². The summed E-state index contributed by atoms with van der Waals surface area (Å²) in [4.78, 5) is 22.7. The van der Waals surface area contributed by atoms with Gasteiger partial charge >= 0.3 is 0 Å². The van der Waals surface area contributed by atoms with Gasteiger partial charge in [-0.15, -0.1) is 10.2 Å². The maximum Gasteiger partial charge on any atom is 0.269 e. The molecule has 3 rings (SSSR count). The van der Waals surface area contributed by atoms with Crippen molar-refractivity contribution in [3.05, 3.63) is 64.2 Å². The van der Waals surface area contributed by atoms with Gasteiger partial charge in [-0.25, -0.2) is 0 Å². The third kappa shape index (κ3) is 4.37. The summed E-state index contributed by atoms with van der Waals surface area (Å²) in [7, 11) is 1.86. The summed E-state index contributed by atoms with van der Waals surface area (Å²) >= 11 is 1.29. The van der Waals surface area contributed by atoms with Crippen LogP contribution in [0, 0.1) is 17.0 Å². The van der Waals surface area contributed by atoms with Crippen molar-refractivity contribution in [2.75, 3.05) is 5.32 Å². The minimum Gasteiger partial charge on any atom is -0.325 e. The largest absolute Gasteiger partial charge is 0.325 e. The molecule has 9 heteroatoms. The van der Waals surface area contributed by atoms with Crippen molar-refractivity contribution in [3.63, 3.8) is 0 Å². The highest BCUT2D eigenvalue weighted by molar-refractivity contribution is 8.00. The number of anilines is 1. The third-order valence-electron chi connectivity index (χ3n) is 4.11. The molecule has 1 amide bonds. The minimum absolute atomic E-state index is 0.0248. The van der Waals surface area contributed by atoms with E-state index in [2.05, 4.69) is 15.5 Å². The van der Waals surface area contributed by atoms with Crippen molar-refractivity contribution in [2.24, 2.45) is 7.05 Å². The molecule has 1 atom stereocenters. The summed E-state index contributed by atoms with van der Waals surface area (Å²) in [5.74, 6) is 0.508. The molecule has 3 aromatic rings. The number of carbonyl (C=O) groups excluding carboxylic acids is 1. The van der Waals surface area contributed by atoms with Gasteiger partial charge in [0.15, 0.2) is 11.0 Å². The molecule has 0 bridgehead atoms. The van der Waals surface area contributed by atoms with Gasteiger partial charge in [-0.3, -0.25) is 14.9 Å². The Morgan fingerprint density at radius 1 is 1.21 bits per heavy atom. The van der Waals surface area contributed by atoms with Crippen molar-refractivity contribution in [3.8, 4) is 11.4 Å². The summed E-state index contributed by atoms with van der Waals surface area (Å²) in [5.41, 5.74) is 2.57. The summed E-state index contributed by atoms with van der Waals surface area (Å²) < 4.78 is 1.86. The van der Waals surface area contributed by atoms with Crippen molar-refractivity contribution < 1.29 is 9.72 Å². The summed E-state index contributed by atoms with van der Waals surface area (Å²) in [6.45, 7) is 3.78. The first kappa shape index (κ1) is 19.6. The molecule has 0 fully saturated rings. The van der Waals surface area contributed by atoms with Crippen molar-refractivity contribution in [2.45, 2.75) is 24.3 Å². The Bertz CT molecular complexity index is 1020. The standard InChI is InChI=1S/C19H19N5O3S/c1-12-5-4-6-14(11-12)17-21-22-19(23(17)3)28-13(2)18(25)20-15-7-9-16(10-8-15)24(26)27/h4-11,13H,1-3H3,(H,20,25)/t13-/m0/s1. The number of carbonyl (C=O) groups is 1. The fourth-order valence-corrected chi connectivity index (χ4v) is 3.39. The molecule has 0 radical (unpaired) electrons. The Kier molecular flexibility index (Phi) is 5.74. The van der Waals surface area contributed by atoms with E-state index in [9.17, 15) is 14.9 Å². The lowest BCUT2D eigenvalue weighted by molar-refractivity contribution is -0.384. The van der Waals surface area contributed by atoms with Crippen LogP contribution >= 0.6 is 11.8 Å². The van der Waals surface area contributed by atoms with E-state index in [1.54, 1.807) is 6.92 Å². The Morgan fingerprint density at radius 2 is 1.93 bits per heavy atom. The Hall–Kier alpha value is -3.20. The molecule has 28 heavy (non-hydrogen) atoms. The molecule has 0 aliphatic rings. The molecule has 8 nitrogen and oxygen atoms in total. The SMILES string of the molecule is Cc1cccc(-c2nnc(S[C@@H](C)C(=O)Nc3ccc([N+](=O)[O-])cc3)n2C)c1. The number of aromatic nitrogens is 3. The zero-order valence-electron chi connectivity index (χ0n) is 15.6. The number of non-ortho nitro benzene ring substituents is 1. The normalized spacial score (nSPS) is 11.8. The average molecular weight is 397 g/mol. The van der Waals surface area contributed by atoms with Crippen LogP contribution in [0.2, 0.25) is 0 Å². The molecule has 1 aromatic heterocycles. The number of nitrogens with one attached hydrogen (secondary N) is 1. The molecule has 0 spiro atoms. The van der Waals surface area contributed by atoms with E-state index in [4.69, 9.17) is 0 Å². The molecule has 2 aromatic carbocycles. The predicted molar refractivity (Wildman–Crippen MR) is 108 cm³/mol. The summed E-state index contributed by atoms with van der Waals surface area (Å²) in [5, 5.41) is 22.1. The first-order chi connectivity index (χ1) is 13.3. The second-order valence-corrected chi connectivity index (χ2v) is 7.60. The van der Waals surface area contributed by atoms with Crippen molar-refractivity contribution in [1.82, 2.24) is 14.8 Å². The number of hydrogen-bond donors (Lipinski definition) is 1. The zero-order chi connectivity index (χ0) is 20.3. The van der Waals surface area contributed by atoms with E-state index in [-0.39, 0.29) is 11.6 Å². The van der Waals surface area contributed by atoms with Crippen LogP contribution in [0.15, 0.2) is 53.7 Å². The number of nitro benzene ring substituents is 1. The van der Waals surface area contributed by atoms with E-state index in [0.29, 0.717) is 10.8 Å². The summed E-state index contributed by atoms with van der Waals surface area (Å²) in [6.07, 6.45) is 0. The maximum atomic E-state index is 12.4. The van der Waals surface area contributed by atoms with Gasteiger partial charge in [0.05, 0.1) is 10.2 Å². The smallest absolute Gasteiger partial charge is 0.269 e. The number of rotatable bonds is 6. The summed E-state index contributed by atoms with van der Waals surface area (Å²) in [6, 6.07) is 13.7. The monoisotopic (exact) mass is 397 g/mol. The van der Waals surface area contributed by atoms with Crippen molar-refractivity contribution >= 4 is 29.0 Å². The lowest BCUT2D eigenvalue weighted by Crippen LogP contribution is -2.22. The van der Waals surface area contributed by atoms with Gasteiger partial charge in [0.2, 0.25) is 5.91 Å². The number of aryl methyl sites for hydroxylation is 1. The number of hydrogen-bond acceptors (Lipinski definition) is 6. The van der Waals surface area contributed by atoms with Gasteiger partial charge in [0.1, 0.15) is 0 Å². The topological polar surface area (TPSA) is 103 Å². The third-order valence-corrected chi connectivity index (χ3v) is 5.24. The minimum atomic E-state index is -0.482. The first-order valence-electron chi connectivity index (χ1n) is 8.53. The fraction of sp³-hybridized carbons (Fsp3) is 0.211. The molecule has 1 N–H and O–H groups in total. The quantitative estimate of drug-likeness (QED) is 0.385.